The van der Waals surface area contributed by atoms with E-state index < -0.39 is 6.10 Å². The highest BCUT2D eigenvalue weighted by molar-refractivity contribution is 5.69. The van der Waals surface area contributed by atoms with Crippen LogP contribution in [0.15, 0.2) is 11.1 Å². The highest BCUT2D eigenvalue weighted by Gasteiger charge is 2.26. The maximum absolute atomic E-state index is 11.1. The summed E-state index contributed by atoms with van der Waals surface area (Å²) < 4.78 is 5.16. The Labute approximate surface area is 90.1 Å². The van der Waals surface area contributed by atoms with Crippen LogP contribution in [-0.4, -0.2) is 23.3 Å². The van der Waals surface area contributed by atoms with Gasteiger partial charge in [0.25, 0.3) is 0 Å². The molecule has 2 atom stereocenters. The SMILES string of the molecule is C#CC1=C(C)[C@@H](O)C[C@H](OC(=O)CC)C1. The number of hydrogen-bond donors (Lipinski definition) is 1. The Morgan fingerprint density at radius 1 is 1.73 bits per heavy atom. The number of rotatable bonds is 2. The van der Waals surface area contributed by atoms with Crippen molar-refractivity contribution in [2.75, 3.05) is 0 Å². The summed E-state index contributed by atoms with van der Waals surface area (Å²) >= 11 is 0. The van der Waals surface area contributed by atoms with Crippen LogP contribution in [0.2, 0.25) is 0 Å². The predicted octanol–water partition coefficient (Wildman–Crippen LogP) is 1.41. The molecule has 0 saturated heterocycles. The highest BCUT2D eigenvalue weighted by Crippen LogP contribution is 2.26. The molecule has 0 saturated carbocycles. The van der Waals surface area contributed by atoms with E-state index in [2.05, 4.69) is 5.92 Å². The van der Waals surface area contributed by atoms with Gasteiger partial charge < -0.3 is 9.84 Å². The Morgan fingerprint density at radius 2 is 2.40 bits per heavy atom. The Morgan fingerprint density at radius 3 is 2.93 bits per heavy atom. The highest BCUT2D eigenvalue weighted by atomic mass is 16.5. The zero-order valence-corrected chi connectivity index (χ0v) is 9.12. The fraction of sp³-hybridized carbons (Fsp3) is 0.583. The van der Waals surface area contributed by atoms with Crippen molar-refractivity contribution in [2.45, 2.75) is 45.3 Å². The zero-order chi connectivity index (χ0) is 11.4. The van der Waals surface area contributed by atoms with Crippen molar-refractivity contribution in [1.29, 1.82) is 0 Å². The maximum atomic E-state index is 11.1. The lowest BCUT2D eigenvalue weighted by atomic mass is 9.89. The van der Waals surface area contributed by atoms with Gasteiger partial charge in [-0.15, -0.1) is 6.42 Å². The molecule has 0 aliphatic heterocycles. The van der Waals surface area contributed by atoms with Gasteiger partial charge in [0.05, 0.1) is 6.10 Å². The van der Waals surface area contributed by atoms with E-state index in [1.807, 2.05) is 6.92 Å². The van der Waals surface area contributed by atoms with Gasteiger partial charge >= 0.3 is 5.97 Å². The van der Waals surface area contributed by atoms with Crippen LogP contribution in [0, 0.1) is 12.3 Å². The molecule has 82 valence electrons. The summed E-state index contributed by atoms with van der Waals surface area (Å²) in [6.45, 7) is 3.56. The average Bonchev–Trinajstić information content (AvgIpc) is 2.22. The van der Waals surface area contributed by atoms with Crippen LogP contribution in [0.5, 0.6) is 0 Å². The lowest BCUT2D eigenvalue weighted by Gasteiger charge is -2.27. The van der Waals surface area contributed by atoms with Crippen LogP contribution in [0.4, 0.5) is 0 Å². The molecule has 0 aromatic heterocycles. The van der Waals surface area contributed by atoms with Crippen LogP contribution in [0.25, 0.3) is 0 Å². The molecule has 0 spiro atoms. The fourth-order valence-electron chi connectivity index (χ4n) is 1.63. The molecule has 0 bridgehead atoms. The second-order valence-corrected chi connectivity index (χ2v) is 3.73. The lowest BCUT2D eigenvalue weighted by molar-refractivity contribution is -0.150. The molecule has 0 aromatic carbocycles. The number of carbonyl (C=O) groups is 1. The molecule has 0 unspecified atom stereocenters. The number of esters is 1. The molecule has 0 amide bonds. The Hall–Kier alpha value is -1.27. The van der Waals surface area contributed by atoms with Crippen LogP contribution in [0.3, 0.4) is 0 Å². The molecule has 3 heteroatoms. The summed E-state index contributed by atoms with van der Waals surface area (Å²) in [7, 11) is 0. The normalized spacial score (nSPS) is 26.0. The number of aliphatic hydroxyl groups excluding tert-OH is 1. The number of ether oxygens (including phenoxy) is 1. The van der Waals surface area contributed by atoms with Crippen LogP contribution < -0.4 is 0 Å². The van der Waals surface area contributed by atoms with E-state index in [0.717, 1.165) is 11.1 Å². The number of carbonyl (C=O) groups excluding carboxylic acids is 1. The summed E-state index contributed by atoms with van der Waals surface area (Å²) in [4.78, 5) is 11.1. The molecule has 15 heavy (non-hydrogen) atoms. The van der Waals surface area contributed by atoms with Gasteiger partial charge in [0.15, 0.2) is 0 Å². The van der Waals surface area contributed by atoms with Crippen molar-refractivity contribution in [3.63, 3.8) is 0 Å². The summed E-state index contributed by atoms with van der Waals surface area (Å²) in [5, 5.41) is 9.69. The Kier molecular flexibility index (Phi) is 3.93. The average molecular weight is 208 g/mol. The molecule has 1 rings (SSSR count). The first-order valence-corrected chi connectivity index (χ1v) is 5.12. The molecule has 0 radical (unpaired) electrons. The standard InChI is InChI=1S/C12H16O3/c1-4-9-6-10(15-12(14)5-2)7-11(13)8(9)3/h1,10-11,13H,5-7H2,2-3H3/t10-,11+/m1/s1. The summed E-state index contributed by atoms with van der Waals surface area (Å²) in [5.41, 5.74) is 1.57. The van der Waals surface area contributed by atoms with Crippen LogP contribution >= 0.6 is 0 Å². The third kappa shape index (κ3) is 2.84. The van der Waals surface area contributed by atoms with Crippen molar-refractivity contribution >= 4 is 5.97 Å². The van der Waals surface area contributed by atoms with Gasteiger partial charge in [-0.05, 0) is 12.5 Å². The van der Waals surface area contributed by atoms with E-state index in [0.29, 0.717) is 19.3 Å². The fourth-order valence-corrected chi connectivity index (χ4v) is 1.63. The van der Waals surface area contributed by atoms with Gasteiger partial charge in [0.2, 0.25) is 0 Å². The van der Waals surface area contributed by atoms with E-state index >= 15 is 0 Å². The molecule has 1 aliphatic carbocycles. The third-order valence-corrected chi connectivity index (χ3v) is 2.65. The van der Waals surface area contributed by atoms with E-state index in [9.17, 15) is 9.90 Å². The number of aliphatic hydroxyl groups is 1. The van der Waals surface area contributed by atoms with Gasteiger partial charge in [0, 0.05) is 24.8 Å². The smallest absolute Gasteiger partial charge is 0.305 e. The Balaban J connectivity index is 2.69. The topological polar surface area (TPSA) is 46.5 Å². The number of terminal acetylenes is 1. The van der Waals surface area contributed by atoms with Crippen LogP contribution in [0.1, 0.15) is 33.1 Å². The first-order chi connectivity index (χ1) is 7.08. The van der Waals surface area contributed by atoms with Gasteiger partial charge in [-0.2, -0.15) is 0 Å². The quantitative estimate of drug-likeness (QED) is 0.551. The van der Waals surface area contributed by atoms with Gasteiger partial charge in [0.1, 0.15) is 6.10 Å². The minimum absolute atomic E-state index is 0.247. The van der Waals surface area contributed by atoms with E-state index in [-0.39, 0.29) is 12.1 Å². The molecule has 0 heterocycles. The largest absolute Gasteiger partial charge is 0.462 e. The maximum Gasteiger partial charge on any atom is 0.305 e. The van der Waals surface area contributed by atoms with Gasteiger partial charge in [-0.3, -0.25) is 4.79 Å². The van der Waals surface area contributed by atoms with E-state index in [1.54, 1.807) is 6.92 Å². The van der Waals surface area contributed by atoms with Crippen molar-refractivity contribution in [2.24, 2.45) is 0 Å². The molecule has 1 N–H and O–H groups in total. The first-order valence-electron chi connectivity index (χ1n) is 5.12. The second kappa shape index (κ2) is 4.99. The minimum atomic E-state index is -0.584. The zero-order valence-electron chi connectivity index (χ0n) is 9.12. The molecule has 0 aromatic rings. The predicted molar refractivity (Wildman–Crippen MR) is 56.9 cm³/mol. The molecular weight excluding hydrogens is 192 g/mol. The first kappa shape index (κ1) is 11.8. The minimum Gasteiger partial charge on any atom is -0.462 e. The third-order valence-electron chi connectivity index (χ3n) is 2.65. The number of hydrogen-bond acceptors (Lipinski definition) is 3. The van der Waals surface area contributed by atoms with Gasteiger partial charge in [-0.1, -0.05) is 12.8 Å². The monoisotopic (exact) mass is 208 g/mol. The second-order valence-electron chi connectivity index (χ2n) is 3.73. The van der Waals surface area contributed by atoms with Gasteiger partial charge in [-0.25, -0.2) is 0 Å². The van der Waals surface area contributed by atoms with Crippen molar-refractivity contribution in [1.82, 2.24) is 0 Å². The summed E-state index contributed by atoms with van der Waals surface area (Å²) in [6.07, 6.45) is 5.80. The van der Waals surface area contributed by atoms with Crippen molar-refractivity contribution in [3.8, 4) is 12.3 Å². The van der Waals surface area contributed by atoms with Crippen LogP contribution in [-0.2, 0) is 9.53 Å². The van der Waals surface area contributed by atoms with E-state index in [4.69, 9.17) is 11.2 Å². The molecule has 0 fully saturated rings. The molecule has 1 aliphatic rings. The Bertz CT molecular complexity index is 322. The van der Waals surface area contributed by atoms with Crippen molar-refractivity contribution < 1.29 is 14.6 Å². The van der Waals surface area contributed by atoms with Crippen molar-refractivity contribution in [3.05, 3.63) is 11.1 Å². The lowest BCUT2D eigenvalue weighted by Crippen LogP contribution is -2.29. The molecular formula is C12H16O3. The van der Waals surface area contributed by atoms with E-state index in [1.165, 1.54) is 0 Å². The summed E-state index contributed by atoms with van der Waals surface area (Å²) in [6, 6.07) is 0. The summed E-state index contributed by atoms with van der Waals surface area (Å²) in [5.74, 6) is 2.29. The molecule has 3 nitrogen and oxygen atoms in total.